The maximum absolute atomic E-state index is 11.8. The number of amides is 1. The first-order valence-corrected chi connectivity index (χ1v) is 4.54. The topological polar surface area (TPSA) is 20.3 Å². The van der Waals surface area contributed by atoms with Crippen LogP contribution in [-0.2, 0) is 6.42 Å². The molecule has 1 amide bonds. The lowest BCUT2D eigenvalue weighted by Crippen LogP contribution is -2.34. The average molecular weight is 175 g/mol. The van der Waals surface area contributed by atoms with Crippen LogP contribution in [0.4, 0.5) is 0 Å². The number of carbonyl (C=O) groups is 1. The van der Waals surface area contributed by atoms with E-state index in [0.717, 1.165) is 24.1 Å². The Labute approximate surface area is 78.2 Å². The summed E-state index contributed by atoms with van der Waals surface area (Å²) in [7, 11) is 1.86. The summed E-state index contributed by atoms with van der Waals surface area (Å²) in [6.45, 7) is 2.84. The molecule has 0 saturated carbocycles. The number of rotatable bonds is 0. The Morgan fingerprint density at radius 2 is 2.15 bits per heavy atom. The second kappa shape index (κ2) is 2.87. The van der Waals surface area contributed by atoms with Crippen LogP contribution in [0.25, 0.3) is 0 Å². The minimum absolute atomic E-state index is 0.166. The van der Waals surface area contributed by atoms with Crippen molar-refractivity contribution in [2.75, 3.05) is 13.6 Å². The molecule has 68 valence electrons. The Hall–Kier alpha value is -1.31. The zero-order valence-corrected chi connectivity index (χ0v) is 8.00. The molecule has 0 N–H and O–H groups in total. The first kappa shape index (κ1) is 8.30. The number of hydrogen-bond acceptors (Lipinski definition) is 1. The van der Waals surface area contributed by atoms with Crippen molar-refractivity contribution in [2.45, 2.75) is 13.3 Å². The van der Waals surface area contributed by atoms with Gasteiger partial charge in [-0.05, 0) is 24.5 Å². The van der Waals surface area contributed by atoms with Gasteiger partial charge in [-0.15, -0.1) is 0 Å². The highest BCUT2D eigenvalue weighted by Gasteiger charge is 2.22. The van der Waals surface area contributed by atoms with Gasteiger partial charge in [0, 0.05) is 19.2 Å². The zero-order valence-electron chi connectivity index (χ0n) is 8.00. The largest absolute Gasteiger partial charge is 0.341 e. The summed E-state index contributed by atoms with van der Waals surface area (Å²) in [6.07, 6.45) is 0.985. The van der Waals surface area contributed by atoms with Gasteiger partial charge in [-0.3, -0.25) is 4.79 Å². The highest BCUT2D eigenvalue weighted by atomic mass is 16.2. The third kappa shape index (κ3) is 1.22. The summed E-state index contributed by atoms with van der Waals surface area (Å²) in [6, 6.07) is 6.07. The molecule has 0 unspecified atom stereocenters. The zero-order chi connectivity index (χ0) is 9.42. The number of fused-ring (bicyclic) bond motifs is 1. The maximum Gasteiger partial charge on any atom is 0.254 e. The van der Waals surface area contributed by atoms with Gasteiger partial charge >= 0.3 is 0 Å². The van der Waals surface area contributed by atoms with Crippen LogP contribution in [-0.4, -0.2) is 24.4 Å². The molecule has 0 radical (unpaired) electrons. The molecule has 1 aromatic carbocycles. The number of hydrogen-bond donors (Lipinski definition) is 0. The molecule has 0 spiro atoms. The van der Waals surface area contributed by atoms with Crippen molar-refractivity contribution in [3.63, 3.8) is 0 Å². The Morgan fingerprint density at radius 1 is 1.38 bits per heavy atom. The lowest BCUT2D eigenvalue weighted by molar-refractivity contribution is 0.0780. The van der Waals surface area contributed by atoms with Crippen LogP contribution in [0.3, 0.4) is 0 Å². The highest BCUT2D eigenvalue weighted by Crippen LogP contribution is 2.20. The summed E-state index contributed by atoms with van der Waals surface area (Å²) in [5, 5.41) is 0. The van der Waals surface area contributed by atoms with Gasteiger partial charge in [-0.25, -0.2) is 0 Å². The van der Waals surface area contributed by atoms with Gasteiger partial charge in [0.1, 0.15) is 0 Å². The summed E-state index contributed by atoms with van der Waals surface area (Å²) in [4.78, 5) is 13.6. The predicted molar refractivity (Wildman–Crippen MR) is 51.8 cm³/mol. The van der Waals surface area contributed by atoms with Gasteiger partial charge in [0.25, 0.3) is 5.91 Å². The number of aryl methyl sites for hydroxylation is 1. The predicted octanol–water partition coefficient (Wildman–Crippen LogP) is 1.62. The molecule has 1 aromatic rings. The molecule has 2 rings (SSSR count). The first-order valence-electron chi connectivity index (χ1n) is 4.54. The minimum Gasteiger partial charge on any atom is -0.341 e. The van der Waals surface area contributed by atoms with E-state index in [1.165, 1.54) is 5.56 Å². The van der Waals surface area contributed by atoms with Crippen molar-refractivity contribution in [1.29, 1.82) is 0 Å². The average Bonchev–Trinajstić information content (AvgIpc) is 2.12. The van der Waals surface area contributed by atoms with E-state index >= 15 is 0 Å². The number of carbonyl (C=O) groups excluding carboxylic acids is 1. The molecule has 1 aliphatic heterocycles. The van der Waals surface area contributed by atoms with Gasteiger partial charge in [-0.2, -0.15) is 0 Å². The standard InChI is InChI=1S/C11H13NO/c1-8-4-3-5-9-6-7-12(2)11(13)10(8)9/h3-5H,6-7H2,1-2H3. The number of likely N-dealkylation sites (N-methyl/N-ethyl adjacent to an activating group) is 1. The summed E-state index contributed by atoms with van der Waals surface area (Å²) < 4.78 is 0. The number of benzene rings is 1. The van der Waals surface area contributed by atoms with E-state index in [2.05, 4.69) is 0 Å². The van der Waals surface area contributed by atoms with E-state index in [-0.39, 0.29) is 5.91 Å². The molecule has 0 bridgehead atoms. The monoisotopic (exact) mass is 175 g/mol. The maximum atomic E-state index is 11.8. The molecule has 0 aromatic heterocycles. The normalized spacial score (nSPS) is 15.8. The van der Waals surface area contributed by atoms with Crippen LogP contribution in [0.15, 0.2) is 18.2 Å². The third-order valence-electron chi connectivity index (χ3n) is 2.64. The second-order valence-electron chi connectivity index (χ2n) is 3.59. The molecule has 0 saturated heterocycles. The fourth-order valence-electron chi connectivity index (χ4n) is 1.82. The van der Waals surface area contributed by atoms with Crippen LogP contribution in [0.2, 0.25) is 0 Å². The summed E-state index contributed by atoms with van der Waals surface area (Å²) >= 11 is 0. The van der Waals surface area contributed by atoms with Crippen molar-refractivity contribution in [2.24, 2.45) is 0 Å². The van der Waals surface area contributed by atoms with Gasteiger partial charge in [-0.1, -0.05) is 18.2 Å². The van der Waals surface area contributed by atoms with Crippen molar-refractivity contribution < 1.29 is 4.79 Å². The Balaban J connectivity index is 2.57. The molecular weight excluding hydrogens is 162 g/mol. The van der Waals surface area contributed by atoms with E-state index in [1.54, 1.807) is 4.90 Å². The van der Waals surface area contributed by atoms with E-state index in [9.17, 15) is 4.79 Å². The van der Waals surface area contributed by atoms with Crippen LogP contribution in [0.5, 0.6) is 0 Å². The lowest BCUT2D eigenvalue weighted by atomic mass is 9.95. The van der Waals surface area contributed by atoms with Crippen LogP contribution < -0.4 is 0 Å². The van der Waals surface area contributed by atoms with E-state index in [4.69, 9.17) is 0 Å². The highest BCUT2D eigenvalue weighted by molar-refractivity contribution is 5.97. The van der Waals surface area contributed by atoms with Crippen molar-refractivity contribution in [3.05, 3.63) is 34.9 Å². The quantitative estimate of drug-likeness (QED) is 0.586. The van der Waals surface area contributed by atoms with E-state index < -0.39 is 0 Å². The van der Waals surface area contributed by atoms with Crippen LogP contribution in [0, 0.1) is 6.92 Å². The molecule has 1 aliphatic rings. The van der Waals surface area contributed by atoms with Crippen molar-refractivity contribution in [1.82, 2.24) is 4.90 Å². The van der Waals surface area contributed by atoms with Gasteiger partial charge in [0.2, 0.25) is 0 Å². The molecular formula is C11H13NO. The number of nitrogens with zero attached hydrogens (tertiary/aromatic N) is 1. The van der Waals surface area contributed by atoms with Crippen molar-refractivity contribution in [3.8, 4) is 0 Å². The van der Waals surface area contributed by atoms with Gasteiger partial charge in [0.05, 0.1) is 0 Å². The lowest BCUT2D eigenvalue weighted by Gasteiger charge is -2.25. The van der Waals surface area contributed by atoms with Crippen molar-refractivity contribution >= 4 is 5.91 Å². The fraction of sp³-hybridized carbons (Fsp3) is 0.364. The Bertz CT molecular complexity index is 357. The molecule has 0 fully saturated rings. The molecule has 1 heterocycles. The Kier molecular flexibility index (Phi) is 1.83. The third-order valence-corrected chi connectivity index (χ3v) is 2.64. The summed E-state index contributed by atoms with van der Waals surface area (Å²) in [5.41, 5.74) is 3.20. The SMILES string of the molecule is Cc1cccc2c1C(=O)N(C)CC2. The fourth-order valence-corrected chi connectivity index (χ4v) is 1.82. The van der Waals surface area contributed by atoms with Crippen LogP contribution in [0.1, 0.15) is 21.5 Å². The minimum atomic E-state index is 0.166. The molecule has 2 heteroatoms. The second-order valence-corrected chi connectivity index (χ2v) is 3.59. The van der Waals surface area contributed by atoms with E-state index in [0.29, 0.717) is 0 Å². The smallest absolute Gasteiger partial charge is 0.254 e. The van der Waals surface area contributed by atoms with E-state index in [1.807, 2.05) is 32.2 Å². The summed E-state index contributed by atoms with van der Waals surface area (Å²) in [5.74, 6) is 0.166. The molecule has 0 aliphatic carbocycles. The molecule has 0 atom stereocenters. The van der Waals surface area contributed by atoms with Gasteiger partial charge in [0.15, 0.2) is 0 Å². The molecule has 2 nitrogen and oxygen atoms in total. The van der Waals surface area contributed by atoms with Gasteiger partial charge < -0.3 is 4.90 Å². The molecule has 13 heavy (non-hydrogen) atoms. The Morgan fingerprint density at radius 3 is 2.92 bits per heavy atom. The first-order chi connectivity index (χ1) is 6.20. The van der Waals surface area contributed by atoms with Crippen LogP contribution >= 0.6 is 0 Å².